The standard InChI is InChI=1S/C18H28N4O2/c1-20(2)11-16-14-7-13(15-5-3-4-6-22(15)16)9-21(10-14)18(23)17-8-19-12-24-17/h8,12-16H,3-7,9-11H2,1-2H3/t13-,14+,15+,16+/m1/s1. The molecule has 2 bridgehead atoms. The Balaban J connectivity index is 1.57. The van der Waals surface area contributed by atoms with E-state index < -0.39 is 0 Å². The number of aromatic nitrogens is 1. The first-order valence-corrected chi connectivity index (χ1v) is 9.21. The molecule has 0 spiro atoms. The average Bonchev–Trinajstić information content (AvgIpc) is 3.12. The molecule has 0 unspecified atom stereocenters. The van der Waals surface area contributed by atoms with Gasteiger partial charge in [0.2, 0.25) is 5.76 Å². The second-order valence-electron chi connectivity index (χ2n) is 7.96. The van der Waals surface area contributed by atoms with Crippen molar-refractivity contribution in [2.75, 3.05) is 40.3 Å². The number of hydrogen-bond acceptors (Lipinski definition) is 5. The van der Waals surface area contributed by atoms with Gasteiger partial charge >= 0.3 is 0 Å². The van der Waals surface area contributed by atoms with Gasteiger partial charge in [-0.1, -0.05) is 6.42 Å². The molecule has 6 nitrogen and oxygen atoms in total. The SMILES string of the molecule is CN(C)C[C@H]1[C@H]2C[C@H](CN(C(=O)c3cnco3)C2)[C@@H]2CCCCN21. The van der Waals surface area contributed by atoms with Crippen LogP contribution in [0.3, 0.4) is 0 Å². The summed E-state index contributed by atoms with van der Waals surface area (Å²) in [6.45, 7) is 4.02. The maximum Gasteiger partial charge on any atom is 0.291 e. The van der Waals surface area contributed by atoms with E-state index in [-0.39, 0.29) is 5.91 Å². The highest BCUT2D eigenvalue weighted by Gasteiger charge is 2.48. The third kappa shape index (κ3) is 2.86. The van der Waals surface area contributed by atoms with Gasteiger partial charge in [-0.3, -0.25) is 9.69 Å². The second kappa shape index (κ2) is 6.48. The summed E-state index contributed by atoms with van der Waals surface area (Å²) < 4.78 is 5.25. The Morgan fingerprint density at radius 2 is 2.17 bits per heavy atom. The van der Waals surface area contributed by atoms with Crippen LogP contribution in [0.1, 0.15) is 36.2 Å². The number of nitrogens with zero attached hydrogens (tertiary/aromatic N) is 4. The molecule has 3 aliphatic heterocycles. The predicted octanol–water partition coefficient (Wildman–Crippen LogP) is 1.55. The zero-order valence-electron chi connectivity index (χ0n) is 14.7. The summed E-state index contributed by atoms with van der Waals surface area (Å²) in [7, 11) is 4.32. The number of piperidine rings is 3. The summed E-state index contributed by atoms with van der Waals surface area (Å²) in [6, 6.07) is 1.21. The van der Waals surface area contributed by atoms with Gasteiger partial charge in [-0.05, 0) is 51.7 Å². The molecule has 24 heavy (non-hydrogen) atoms. The van der Waals surface area contributed by atoms with Gasteiger partial charge in [-0.2, -0.15) is 0 Å². The molecule has 4 atom stereocenters. The van der Waals surface area contributed by atoms with E-state index in [1.54, 1.807) is 0 Å². The van der Waals surface area contributed by atoms with Crippen LogP contribution in [0.15, 0.2) is 17.0 Å². The molecule has 0 saturated carbocycles. The molecule has 1 amide bonds. The fraction of sp³-hybridized carbons (Fsp3) is 0.778. The summed E-state index contributed by atoms with van der Waals surface area (Å²) in [4.78, 5) is 23.7. The highest BCUT2D eigenvalue weighted by Crippen LogP contribution is 2.41. The number of fused-ring (bicyclic) bond motifs is 4. The quantitative estimate of drug-likeness (QED) is 0.841. The van der Waals surface area contributed by atoms with Crippen LogP contribution >= 0.6 is 0 Å². The van der Waals surface area contributed by atoms with Crippen molar-refractivity contribution in [1.29, 1.82) is 0 Å². The molecule has 4 heterocycles. The van der Waals surface area contributed by atoms with Crippen molar-refractivity contribution in [1.82, 2.24) is 19.7 Å². The first-order chi connectivity index (χ1) is 11.6. The van der Waals surface area contributed by atoms with Crippen molar-refractivity contribution >= 4 is 5.91 Å². The maximum atomic E-state index is 12.7. The van der Waals surface area contributed by atoms with E-state index in [2.05, 4.69) is 28.9 Å². The zero-order valence-corrected chi connectivity index (χ0v) is 14.7. The Labute approximate surface area is 143 Å². The van der Waals surface area contributed by atoms with Crippen LogP contribution in [0.4, 0.5) is 0 Å². The van der Waals surface area contributed by atoms with Crippen molar-refractivity contribution in [3.05, 3.63) is 18.4 Å². The Morgan fingerprint density at radius 1 is 1.33 bits per heavy atom. The summed E-state index contributed by atoms with van der Waals surface area (Å²) in [5.41, 5.74) is 0. The summed E-state index contributed by atoms with van der Waals surface area (Å²) in [5, 5.41) is 0. The first-order valence-electron chi connectivity index (χ1n) is 9.21. The fourth-order valence-corrected chi connectivity index (χ4v) is 5.18. The van der Waals surface area contributed by atoms with E-state index in [1.807, 2.05) is 4.90 Å². The van der Waals surface area contributed by atoms with Crippen LogP contribution in [0.2, 0.25) is 0 Å². The van der Waals surface area contributed by atoms with Gasteiger partial charge in [0.1, 0.15) is 0 Å². The minimum Gasteiger partial charge on any atom is -0.438 e. The van der Waals surface area contributed by atoms with Gasteiger partial charge in [0.15, 0.2) is 6.39 Å². The minimum absolute atomic E-state index is 0.00932. The number of likely N-dealkylation sites (tertiary alicyclic amines) is 1. The van der Waals surface area contributed by atoms with Crippen LogP contribution < -0.4 is 0 Å². The number of oxazole rings is 1. The summed E-state index contributed by atoms with van der Waals surface area (Å²) >= 11 is 0. The predicted molar refractivity (Wildman–Crippen MR) is 90.7 cm³/mol. The van der Waals surface area contributed by atoms with Crippen LogP contribution in [-0.4, -0.2) is 77.9 Å². The van der Waals surface area contributed by atoms with Gasteiger partial charge in [-0.15, -0.1) is 0 Å². The molecule has 3 aliphatic rings. The summed E-state index contributed by atoms with van der Waals surface area (Å²) in [6.07, 6.45) is 8.08. The van der Waals surface area contributed by atoms with Gasteiger partial charge in [-0.25, -0.2) is 4.98 Å². The molecule has 0 N–H and O–H groups in total. The molecule has 132 valence electrons. The monoisotopic (exact) mass is 332 g/mol. The lowest BCUT2D eigenvalue weighted by Gasteiger charge is -2.57. The number of amides is 1. The number of hydrogen-bond donors (Lipinski definition) is 0. The lowest BCUT2D eigenvalue weighted by atomic mass is 9.72. The molecular formula is C18H28N4O2. The molecule has 0 aromatic carbocycles. The van der Waals surface area contributed by atoms with Gasteiger partial charge in [0.25, 0.3) is 5.91 Å². The van der Waals surface area contributed by atoms with E-state index in [0.717, 1.165) is 19.6 Å². The number of likely N-dealkylation sites (N-methyl/N-ethyl adjacent to an activating group) is 1. The van der Waals surface area contributed by atoms with Crippen LogP contribution in [0.5, 0.6) is 0 Å². The third-order valence-electron chi connectivity index (χ3n) is 6.10. The number of carbonyl (C=O) groups is 1. The Bertz CT molecular complexity index is 574. The Hall–Kier alpha value is -1.40. The molecule has 3 saturated heterocycles. The Morgan fingerprint density at radius 3 is 2.92 bits per heavy atom. The number of rotatable bonds is 3. The molecular weight excluding hydrogens is 304 g/mol. The largest absolute Gasteiger partial charge is 0.438 e. The highest BCUT2D eigenvalue weighted by atomic mass is 16.3. The van der Waals surface area contributed by atoms with Crippen LogP contribution in [0, 0.1) is 11.8 Å². The van der Waals surface area contributed by atoms with Gasteiger partial charge < -0.3 is 14.2 Å². The smallest absolute Gasteiger partial charge is 0.291 e. The van der Waals surface area contributed by atoms with E-state index in [4.69, 9.17) is 4.42 Å². The van der Waals surface area contributed by atoms with Crippen molar-refractivity contribution in [2.24, 2.45) is 11.8 Å². The Kier molecular flexibility index (Phi) is 4.35. The molecule has 0 radical (unpaired) electrons. The van der Waals surface area contributed by atoms with Crippen molar-refractivity contribution in [3.63, 3.8) is 0 Å². The van der Waals surface area contributed by atoms with E-state index in [0.29, 0.717) is 29.7 Å². The topological polar surface area (TPSA) is 52.8 Å². The van der Waals surface area contributed by atoms with Gasteiger partial charge in [0.05, 0.1) is 6.20 Å². The lowest BCUT2D eigenvalue weighted by Crippen LogP contribution is -2.65. The summed E-state index contributed by atoms with van der Waals surface area (Å²) in [5.74, 6) is 1.55. The third-order valence-corrected chi connectivity index (χ3v) is 6.10. The molecule has 1 aromatic rings. The van der Waals surface area contributed by atoms with Gasteiger partial charge in [0, 0.05) is 31.7 Å². The maximum absolute atomic E-state index is 12.7. The first kappa shape index (κ1) is 16.1. The molecule has 0 aliphatic carbocycles. The van der Waals surface area contributed by atoms with Crippen molar-refractivity contribution in [3.8, 4) is 0 Å². The van der Waals surface area contributed by atoms with Crippen LogP contribution in [-0.2, 0) is 0 Å². The van der Waals surface area contributed by atoms with E-state index >= 15 is 0 Å². The van der Waals surface area contributed by atoms with E-state index in [1.165, 1.54) is 44.8 Å². The molecule has 1 aromatic heterocycles. The van der Waals surface area contributed by atoms with Crippen molar-refractivity contribution < 1.29 is 9.21 Å². The second-order valence-corrected chi connectivity index (χ2v) is 7.96. The normalized spacial score (nSPS) is 33.5. The molecule has 6 heteroatoms. The zero-order chi connectivity index (χ0) is 16.7. The fourth-order valence-electron chi connectivity index (χ4n) is 5.18. The lowest BCUT2D eigenvalue weighted by molar-refractivity contribution is -0.0706. The molecule has 4 rings (SSSR count). The minimum atomic E-state index is 0.00932. The highest BCUT2D eigenvalue weighted by molar-refractivity contribution is 5.91. The molecule has 3 fully saturated rings. The van der Waals surface area contributed by atoms with Crippen molar-refractivity contribution in [2.45, 2.75) is 37.8 Å². The average molecular weight is 332 g/mol. The van der Waals surface area contributed by atoms with E-state index in [9.17, 15) is 4.79 Å². The number of carbonyl (C=O) groups excluding carboxylic acids is 1. The van der Waals surface area contributed by atoms with Crippen LogP contribution in [0.25, 0.3) is 0 Å².